The summed E-state index contributed by atoms with van der Waals surface area (Å²) in [7, 11) is 0. The van der Waals surface area contributed by atoms with Crippen molar-refractivity contribution in [2.24, 2.45) is 0 Å². The molecule has 17 heavy (non-hydrogen) atoms. The molecule has 0 amide bonds. The molecule has 0 aliphatic heterocycles. The Labute approximate surface area is 103 Å². The van der Waals surface area contributed by atoms with Crippen molar-refractivity contribution >= 4 is 0 Å². The van der Waals surface area contributed by atoms with Crippen LogP contribution in [0.2, 0.25) is 0 Å². The van der Waals surface area contributed by atoms with Gasteiger partial charge in [0.2, 0.25) is 0 Å². The van der Waals surface area contributed by atoms with Crippen molar-refractivity contribution in [2.45, 2.75) is 32.6 Å². The number of rotatable bonds is 5. The van der Waals surface area contributed by atoms with Gasteiger partial charge in [-0.1, -0.05) is 13.0 Å². The van der Waals surface area contributed by atoms with Crippen molar-refractivity contribution in [3.63, 3.8) is 0 Å². The van der Waals surface area contributed by atoms with Gasteiger partial charge in [-0.05, 0) is 54.5 Å². The van der Waals surface area contributed by atoms with Gasteiger partial charge in [0, 0.05) is 24.8 Å². The van der Waals surface area contributed by atoms with E-state index < -0.39 is 0 Å². The highest BCUT2D eigenvalue weighted by Crippen LogP contribution is 2.12. The zero-order chi connectivity index (χ0) is 11.9. The first kappa shape index (κ1) is 11.8. The number of aromatic nitrogens is 2. The first-order valence-electron chi connectivity index (χ1n) is 6.21. The molecule has 2 aromatic rings. The molecule has 0 aliphatic carbocycles. The van der Waals surface area contributed by atoms with E-state index >= 15 is 0 Å². The summed E-state index contributed by atoms with van der Waals surface area (Å²) in [6.07, 6.45) is 12.1. The monoisotopic (exact) mass is 226 g/mol. The van der Waals surface area contributed by atoms with Crippen molar-refractivity contribution < 1.29 is 0 Å². The van der Waals surface area contributed by atoms with Crippen LogP contribution in [0.3, 0.4) is 0 Å². The molecule has 0 radical (unpaired) electrons. The molecular weight excluding hydrogens is 208 g/mol. The molecule has 0 N–H and O–H groups in total. The molecule has 0 spiro atoms. The minimum absolute atomic E-state index is 1.09. The van der Waals surface area contributed by atoms with E-state index in [0.29, 0.717) is 0 Å². The zero-order valence-corrected chi connectivity index (χ0v) is 10.3. The van der Waals surface area contributed by atoms with E-state index in [2.05, 4.69) is 29.0 Å². The second-order valence-electron chi connectivity index (χ2n) is 4.21. The Morgan fingerprint density at radius 2 is 1.82 bits per heavy atom. The summed E-state index contributed by atoms with van der Waals surface area (Å²) in [6.45, 7) is 2.19. The molecule has 2 aromatic heterocycles. The van der Waals surface area contributed by atoms with Gasteiger partial charge in [0.15, 0.2) is 0 Å². The Morgan fingerprint density at radius 3 is 2.59 bits per heavy atom. The lowest BCUT2D eigenvalue weighted by Gasteiger charge is -2.06. The number of aryl methyl sites for hydroxylation is 3. The molecule has 2 heteroatoms. The first-order chi connectivity index (χ1) is 8.40. The Hall–Kier alpha value is -1.70. The normalized spacial score (nSPS) is 10.4. The van der Waals surface area contributed by atoms with Crippen molar-refractivity contribution in [1.82, 2.24) is 9.97 Å². The Morgan fingerprint density at radius 1 is 0.941 bits per heavy atom. The third-order valence-corrected chi connectivity index (χ3v) is 3.02. The smallest absolute Gasteiger partial charge is 0.0302 e. The predicted octanol–water partition coefficient (Wildman–Crippen LogP) is 3.21. The highest BCUT2D eigenvalue weighted by Gasteiger charge is 2.00. The van der Waals surface area contributed by atoms with Gasteiger partial charge in [-0.2, -0.15) is 0 Å². The second kappa shape index (κ2) is 6.14. The maximum Gasteiger partial charge on any atom is 0.0302 e. The van der Waals surface area contributed by atoms with E-state index in [1.165, 1.54) is 16.7 Å². The topological polar surface area (TPSA) is 25.8 Å². The molecule has 2 nitrogen and oxygen atoms in total. The molecule has 0 atom stereocenters. The number of hydrogen-bond donors (Lipinski definition) is 0. The first-order valence-corrected chi connectivity index (χ1v) is 6.21. The fourth-order valence-electron chi connectivity index (χ4n) is 2.05. The van der Waals surface area contributed by atoms with Gasteiger partial charge in [-0.25, -0.2) is 0 Å². The lowest BCUT2D eigenvalue weighted by atomic mass is 10.0. The van der Waals surface area contributed by atoms with Crippen LogP contribution in [0.15, 0.2) is 43.0 Å². The SMILES string of the molecule is CCc1ccncc1CCCc1cccnc1. The van der Waals surface area contributed by atoms with Crippen LogP contribution in [-0.2, 0) is 19.3 Å². The molecule has 0 fully saturated rings. The van der Waals surface area contributed by atoms with Crippen LogP contribution >= 0.6 is 0 Å². The largest absolute Gasteiger partial charge is 0.264 e. The highest BCUT2D eigenvalue weighted by molar-refractivity contribution is 5.23. The van der Waals surface area contributed by atoms with Crippen molar-refractivity contribution in [2.75, 3.05) is 0 Å². The summed E-state index contributed by atoms with van der Waals surface area (Å²) in [5.41, 5.74) is 4.12. The van der Waals surface area contributed by atoms with Gasteiger partial charge in [-0.3, -0.25) is 9.97 Å². The molecule has 88 valence electrons. The Balaban J connectivity index is 1.90. The maximum atomic E-state index is 4.21. The summed E-state index contributed by atoms with van der Waals surface area (Å²) in [5, 5.41) is 0. The number of hydrogen-bond acceptors (Lipinski definition) is 2. The summed E-state index contributed by atoms with van der Waals surface area (Å²) in [6, 6.07) is 6.26. The Kier molecular flexibility index (Phi) is 4.25. The quantitative estimate of drug-likeness (QED) is 0.782. The van der Waals surface area contributed by atoms with Crippen LogP contribution in [0.4, 0.5) is 0 Å². The maximum absolute atomic E-state index is 4.21. The Bertz CT molecular complexity index is 451. The highest BCUT2D eigenvalue weighted by atomic mass is 14.6. The van der Waals surface area contributed by atoms with Crippen LogP contribution < -0.4 is 0 Å². The van der Waals surface area contributed by atoms with E-state index in [-0.39, 0.29) is 0 Å². The minimum atomic E-state index is 1.09. The molecule has 0 aliphatic rings. The third-order valence-electron chi connectivity index (χ3n) is 3.02. The average molecular weight is 226 g/mol. The van der Waals surface area contributed by atoms with Gasteiger partial charge < -0.3 is 0 Å². The molecule has 0 bridgehead atoms. The molecule has 0 saturated heterocycles. The number of pyridine rings is 2. The molecule has 2 rings (SSSR count). The predicted molar refractivity (Wildman–Crippen MR) is 69.9 cm³/mol. The molecule has 2 heterocycles. The van der Waals surface area contributed by atoms with E-state index in [0.717, 1.165) is 25.7 Å². The lowest BCUT2D eigenvalue weighted by molar-refractivity contribution is 0.803. The van der Waals surface area contributed by atoms with Crippen LogP contribution in [0, 0.1) is 0 Å². The van der Waals surface area contributed by atoms with Crippen LogP contribution in [0.5, 0.6) is 0 Å². The summed E-state index contributed by atoms with van der Waals surface area (Å²) < 4.78 is 0. The van der Waals surface area contributed by atoms with E-state index in [1.807, 2.05) is 30.9 Å². The van der Waals surface area contributed by atoms with Crippen LogP contribution in [0.1, 0.15) is 30.0 Å². The molecule has 0 aromatic carbocycles. The minimum Gasteiger partial charge on any atom is -0.264 e. The van der Waals surface area contributed by atoms with Gasteiger partial charge in [0.1, 0.15) is 0 Å². The third kappa shape index (κ3) is 3.38. The fourth-order valence-corrected chi connectivity index (χ4v) is 2.05. The van der Waals surface area contributed by atoms with E-state index in [1.54, 1.807) is 0 Å². The van der Waals surface area contributed by atoms with Gasteiger partial charge in [0.05, 0.1) is 0 Å². The van der Waals surface area contributed by atoms with Crippen molar-refractivity contribution in [3.05, 3.63) is 59.7 Å². The molecule has 0 saturated carbocycles. The second-order valence-corrected chi connectivity index (χ2v) is 4.21. The van der Waals surface area contributed by atoms with Crippen LogP contribution in [0.25, 0.3) is 0 Å². The average Bonchev–Trinajstić information content (AvgIpc) is 2.40. The van der Waals surface area contributed by atoms with E-state index in [9.17, 15) is 0 Å². The standard InChI is InChI=1S/C15H18N2/c1-2-14-8-10-17-12-15(14)7-3-5-13-6-4-9-16-11-13/h4,6,8-12H,2-3,5,7H2,1H3. The fraction of sp³-hybridized carbons (Fsp3) is 0.333. The van der Waals surface area contributed by atoms with Gasteiger partial charge in [0.25, 0.3) is 0 Å². The lowest BCUT2D eigenvalue weighted by Crippen LogP contribution is -1.96. The van der Waals surface area contributed by atoms with Gasteiger partial charge >= 0.3 is 0 Å². The summed E-state index contributed by atoms with van der Waals surface area (Å²) in [5.74, 6) is 0. The summed E-state index contributed by atoms with van der Waals surface area (Å²) >= 11 is 0. The van der Waals surface area contributed by atoms with Crippen LogP contribution in [-0.4, -0.2) is 9.97 Å². The molecule has 0 unspecified atom stereocenters. The van der Waals surface area contributed by atoms with Crippen molar-refractivity contribution in [3.8, 4) is 0 Å². The van der Waals surface area contributed by atoms with E-state index in [4.69, 9.17) is 0 Å². The number of nitrogens with zero attached hydrogens (tertiary/aromatic N) is 2. The van der Waals surface area contributed by atoms with Crippen molar-refractivity contribution in [1.29, 1.82) is 0 Å². The molecular formula is C15H18N2. The summed E-state index contributed by atoms with van der Waals surface area (Å²) in [4.78, 5) is 8.34. The zero-order valence-electron chi connectivity index (χ0n) is 10.3. The van der Waals surface area contributed by atoms with Gasteiger partial charge in [-0.15, -0.1) is 0 Å².